The average Bonchev–Trinajstić information content (AvgIpc) is 3.30. The van der Waals surface area contributed by atoms with E-state index < -0.39 is 0 Å². The van der Waals surface area contributed by atoms with Gasteiger partial charge in [0, 0.05) is 13.0 Å². The summed E-state index contributed by atoms with van der Waals surface area (Å²) in [6.07, 6.45) is 2.82. The number of esters is 1. The Morgan fingerprint density at radius 2 is 2.00 bits per heavy atom. The number of aromatic nitrogens is 1. The van der Waals surface area contributed by atoms with Crippen molar-refractivity contribution < 1.29 is 18.7 Å². The molecule has 6 nitrogen and oxygen atoms in total. The van der Waals surface area contributed by atoms with E-state index in [0.29, 0.717) is 18.7 Å². The molecule has 0 unspecified atom stereocenters. The van der Waals surface area contributed by atoms with E-state index in [1.54, 1.807) is 12.1 Å². The summed E-state index contributed by atoms with van der Waals surface area (Å²) in [5.41, 5.74) is 0.918. The summed E-state index contributed by atoms with van der Waals surface area (Å²) in [4.78, 5) is 27.7. The highest BCUT2D eigenvalue weighted by Gasteiger charge is 2.14. The summed E-state index contributed by atoms with van der Waals surface area (Å²) in [7, 11) is 1.38. The van der Waals surface area contributed by atoms with Gasteiger partial charge in [0.25, 0.3) is 5.91 Å². The summed E-state index contributed by atoms with van der Waals surface area (Å²) < 4.78 is 11.3. The number of thiazole rings is 1. The fourth-order valence-electron chi connectivity index (χ4n) is 2.51. The van der Waals surface area contributed by atoms with E-state index in [1.807, 2.05) is 24.3 Å². The Kier molecular flexibility index (Phi) is 6.01. The Morgan fingerprint density at radius 3 is 2.81 bits per heavy atom. The first-order chi connectivity index (χ1) is 12.7. The summed E-state index contributed by atoms with van der Waals surface area (Å²) >= 11 is 1.53. The van der Waals surface area contributed by atoms with Crippen molar-refractivity contribution in [2.24, 2.45) is 0 Å². The van der Waals surface area contributed by atoms with Gasteiger partial charge in [-0.1, -0.05) is 18.6 Å². The molecule has 0 saturated heterocycles. The number of para-hydroxylation sites is 1. The highest BCUT2D eigenvalue weighted by molar-refractivity contribution is 7.21. The van der Waals surface area contributed by atoms with Gasteiger partial charge in [-0.15, -0.1) is 11.3 Å². The Hall–Kier alpha value is -2.67. The molecule has 1 amide bonds. The maximum atomic E-state index is 12.2. The number of methoxy groups -OCH3 is 1. The van der Waals surface area contributed by atoms with Crippen LogP contribution in [0.1, 0.15) is 36.2 Å². The van der Waals surface area contributed by atoms with Crippen LogP contribution in [0, 0.1) is 0 Å². The second-order valence-electron chi connectivity index (χ2n) is 5.79. The minimum Gasteiger partial charge on any atom is -0.469 e. The molecule has 7 heteroatoms. The van der Waals surface area contributed by atoms with Crippen molar-refractivity contribution in [3.8, 4) is 10.8 Å². The highest BCUT2D eigenvalue weighted by Crippen LogP contribution is 2.31. The zero-order valence-electron chi connectivity index (χ0n) is 14.5. The average molecular weight is 372 g/mol. The van der Waals surface area contributed by atoms with E-state index in [0.717, 1.165) is 34.5 Å². The Labute approximate surface area is 155 Å². The maximum Gasteiger partial charge on any atom is 0.305 e. The number of amides is 1. The fraction of sp³-hybridized carbons (Fsp3) is 0.316. The quantitative estimate of drug-likeness (QED) is 0.477. The van der Waals surface area contributed by atoms with Crippen molar-refractivity contribution in [2.45, 2.75) is 25.7 Å². The predicted molar refractivity (Wildman–Crippen MR) is 100 cm³/mol. The number of rotatable bonds is 8. The Balaban J connectivity index is 1.49. The van der Waals surface area contributed by atoms with E-state index >= 15 is 0 Å². The SMILES string of the molecule is COC(=O)CCCCCNC(=O)c1ccc(-c2nc3ccccc3s2)o1. The first-order valence-electron chi connectivity index (χ1n) is 8.48. The molecule has 1 aromatic carbocycles. The van der Waals surface area contributed by atoms with Crippen LogP contribution in [-0.4, -0.2) is 30.5 Å². The van der Waals surface area contributed by atoms with Crippen molar-refractivity contribution in [2.75, 3.05) is 13.7 Å². The number of unbranched alkanes of at least 4 members (excludes halogenated alkanes) is 2. The summed E-state index contributed by atoms with van der Waals surface area (Å²) in [6.45, 7) is 0.539. The van der Waals surface area contributed by atoms with Gasteiger partial charge < -0.3 is 14.5 Å². The number of ether oxygens (including phenoxy) is 1. The lowest BCUT2D eigenvalue weighted by Gasteiger charge is -2.03. The van der Waals surface area contributed by atoms with E-state index in [1.165, 1.54) is 18.4 Å². The standard InChI is InChI=1S/C19H20N2O4S/c1-24-17(22)9-3-2-6-12-20-18(23)14-10-11-15(25-14)19-21-13-7-4-5-8-16(13)26-19/h4-5,7-8,10-11H,2-3,6,9,12H2,1H3,(H,20,23). The monoisotopic (exact) mass is 372 g/mol. The van der Waals surface area contributed by atoms with Crippen molar-refractivity contribution in [1.29, 1.82) is 0 Å². The summed E-state index contributed by atoms with van der Waals surface area (Å²) in [5, 5.41) is 3.58. The molecule has 26 heavy (non-hydrogen) atoms. The topological polar surface area (TPSA) is 81.4 Å². The molecule has 1 N–H and O–H groups in total. The molecule has 136 valence electrons. The molecular formula is C19H20N2O4S. The molecule has 0 bridgehead atoms. The lowest BCUT2D eigenvalue weighted by molar-refractivity contribution is -0.140. The van der Waals surface area contributed by atoms with Gasteiger partial charge in [0.1, 0.15) is 0 Å². The smallest absolute Gasteiger partial charge is 0.305 e. The third-order valence-corrected chi connectivity index (χ3v) is 4.96. The van der Waals surface area contributed by atoms with Crippen molar-refractivity contribution in [3.63, 3.8) is 0 Å². The number of hydrogen-bond donors (Lipinski definition) is 1. The van der Waals surface area contributed by atoms with Gasteiger partial charge in [0.15, 0.2) is 16.5 Å². The Morgan fingerprint density at radius 1 is 1.15 bits per heavy atom. The number of carbonyl (C=O) groups excluding carboxylic acids is 2. The van der Waals surface area contributed by atoms with Crippen LogP contribution in [0.15, 0.2) is 40.8 Å². The third-order valence-electron chi connectivity index (χ3n) is 3.91. The first-order valence-corrected chi connectivity index (χ1v) is 9.30. The van der Waals surface area contributed by atoms with Crippen LogP contribution in [0.2, 0.25) is 0 Å². The second-order valence-corrected chi connectivity index (χ2v) is 6.82. The predicted octanol–water partition coefficient (Wildman–Crippen LogP) is 4.02. The van der Waals surface area contributed by atoms with Gasteiger partial charge in [-0.25, -0.2) is 4.98 Å². The number of nitrogens with zero attached hydrogens (tertiary/aromatic N) is 1. The third kappa shape index (κ3) is 4.49. The van der Waals surface area contributed by atoms with Crippen molar-refractivity contribution in [1.82, 2.24) is 10.3 Å². The van der Waals surface area contributed by atoms with Crippen LogP contribution in [0.3, 0.4) is 0 Å². The van der Waals surface area contributed by atoms with Gasteiger partial charge in [0.05, 0.1) is 17.3 Å². The van der Waals surface area contributed by atoms with E-state index in [2.05, 4.69) is 15.0 Å². The molecular weight excluding hydrogens is 352 g/mol. The van der Waals surface area contributed by atoms with Gasteiger partial charge in [-0.3, -0.25) is 9.59 Å². The number of fused-ring (bicyclic) bond motifs is 1. The van der Waals surface area contributed by atoms with Crippen LogP contribution < -0.4 is 5.32 Å². The van der Waals surface area contributed by atoms with Crippen molar-refractivity contribution in [3.05, 3.63) is 42.2 Å². The molecule has 0 aliphatic heterocycles. The highest BCUT2D eigenvalue weighted by atomic mass is 32.1. The number of furan rings is 1. The molecule has 0 atom stereocenters. The van der Waals surface area contributed by atoms with Crippen molar-refractivity contribution >= 4 is 33.4 Å². The molecule has 0 aliphatic rings. The maximum absolute atomic E-state index is 12.2. The molecule has 2 aromatic heterocycles. The second kappa shape index (κ2) is 8.62. The molecule has 0 saturated carbocycles. The number of carbonyl (C=O) groups is 2. The van der Waals surface area contributed by atoms with E-state index in [-0.39, 0.29) is 17.6 Å². The van der Waals surface area contributed by atoms with Crippen LogP contribution in [0.5, 0.6) is 0 Å². The van der Waals surface area contributed by atoms with E-state index in [9.17, 15) is 9.59 Å². The zero-order valence-corrected chi connectivity index (χ0v) is 15.3. The van der Waals surface area contributed by atoms with Gasteiger partial charge in [-0.05, 0) is 37.1 Å². The molecule has 0 radical (unpaired) electrons. The molecule has 0 fully saturated rings. The van der Waals surface area contributed by atoms with Crippen LogP contribution in [0.25, 0.3) is 21.0 Å². The molecule has 3 aromatic rings. The summed E-state index contributed by atoms with van der Waals surface area (Å²) in [6, 6.07) is 11.3. The van der Waals surface area contributed by atoms with Crippen LogP contribution in [0.4, 0.5) is 0 Å². The number of hydrogen-bond acceptors (Lipinski definition) is 6. The first kappa shape index (κ1) is 18.1. The van der Waals surface area contributed by atoms with Gasteiger partial charge in [-0.2, -0.15) is 0 Å². The molecule has 0 aliphatic carbocycles. The Bertz CT molecular complexity index is 867. The molecule has 0 spiro atoms. The summed E-state index contributed by atoms with van der Waals surface area (Å²) in [5.74, 6) is 0.417. The number of benzene rings is 1. The lowest BCUT2D eigenvalue weighted by Crippen LogP contribution is -2.23. The lowest BCUT2D eigenvalue weighted by atomic mass is 10.2. The fourth-order valence-corrected chi connectivity index (χ4v) is 3.44. The minimum atomic E-state index is -0.245. The van der Waals surface area contributed by atoms with Crippen LogP contribution in [-0.2, 0) is 9.53 Å². The van der Waals surface area contributed by atoms with Crippen LogP contribution >= 0.6 is 11.3 Å². The molecule has 3 rings (SSSR count). The van der Waals surface area contributed by atoms with Gasteiger partial charge >= 0.3 is 5.97 Å². The zero-order chi connectivity index (χ0) is 18.4. The normalized spacial score (nSPS) is 10.8. The number of nitrogens with one attached hydrogen (secondary N) is 1. The molecule has 2 heterocycles. The van der Waals surface area contributed by atoms with Gasteiger partial charge in [0.2, 0.25) is 0 Å². The van der Waals surface area contributed by atoms with E-state index in [4.69, 9.17) is 4.42 Å². The minimum absolute atomic E-state index is 0.202. The largest absolute Gasteiger partial charge is 0.469 e.